The third-order valence-electron chi connectivity index (χ3n) is 5.34. The van der Waals surface area contributed by atoms with Crippen LogP contribution in [0.15, 0.2) is 28.9 Å². The van der Waals surface area contributed by atoms with Gasteiger partial charge in [0, 0.05) is 67.4 Å². The zero-order valence-electron chi connectivity index (χ0n) is 16.9. The molecule has 1 aromatic carbocycles. The molecular weight excluding hydrogens is 456 g/mol. The highest BCUT2D eigenvalue weighted by molar-refractivity contribution is 9.10. The number of likely N-dealkylation sites (N-methyl/N-ethyl adjacent to an activating group) is 1. The van der Waals surface area contributed by atoms with Gasteiger partial charge in [0.05, 0.1) is 6.54 Å². The maximum absolute atomic E-state index is 12.3. The third-order valence-corrected chi connectivity index (χ3v) is 5.83. The van der Waals surface area contributed by atoms with Gasteiger partial charge < -0.3 is 19.7 Å². The van der Waals surface area contributed by atoms with Crippen molar-refractivity contribution < 1.29 is 24.6 Å². The molecule has 2 heterocycles. The molecule has 1 atom stereocenters. The number of hydrogen-bond donors (Lipinski definition) is 2. The van der Waals surface area contributed by atoms with E-state index in [0.717, 1.165) is 4.47 Å². The van der Waals surface area contributed by atoms with E-state index in [0.29, 0.717) is 49.2 Å². The Hall–Kier alpha value is -2.43. The predicted molar refractivity (Wildman–Crippen MR) is 114 cm³/mol. The topological polar surface area (TPSA) is 106 Å². The molecular formula is C20H25BrN4O5. The fourth-order valence-electron chi connectivity index (χ4n) is 3.79. The van der Waals surface area contributed by atoms with Crippen molar-refractivity contribution in [3.8, 4) is 0 Å². The summed E-state index contributed by atoms with van der Waals surface area (Å²) in [4.78, 5) is 40.9. The number of amides is 1. The van der Waals surface area contributed by atoms with Crippen LogP contribution in [0.4, 0.5) is 0 Å². The van der Waals surface area contributed by atoms with E-state index in [-0.39, 0.29) is 12.5 Å². The highest BCUT2D eigenvalue weighted by atomic mass is 79.9. The Morgan fingerprint density at radius 3 is 2.33 bits per heavy atom. The molecule has 1 saturated heterocycles. The van der Waals surface area contributed by atoms with E-state index in [9.17, 15) is 24.6 Å². The summed E-state index contributed by atoms with van der Waals surface area (Å²) >= 11 is 3.42. The van der Waals surface area contributed by atoms with Crippen molar-refractivity contribution in [2.75, 3.05) is 46.8 Å². The average molecular weight is 481 g/mol. The molecule has 0 aliphatic carbocycles. The number of carboxylic acid groups (broad SMARTS) is 2. The summed E-state index contributed by atoms with van der Waals surface area (Å²) in [5, 5.41) is 20.0. The summed E-state index contributed by atoms with van der Waals surface area (Å²) < 4.78 is 2.36. The molecule has 1 aliphatic heterocycles. The van der Waals surface area contributed by atoms with Gasteiger partial charge in [-0.1, -0.05) is 15.9 Å². The summed E-state index contributed by atoms with van der Waals surface area (Å²) in [5.74, 6) is -1.96. The fourth-order valence-corrected chi connectivity index (χ4v) is 4.15. The van der Waals surface area contributed by atoms with Gasteiger partial charge in [0.15, 0.2) is 0 Å². The highest BCUT2D eigenvalue weighted by Gasteiger charge is 2.33. The molecule has 1 fully saturated rings. The standard InChI is InChI=1S/C20H25BrN4O5/c1-22(2)17(26)11-23-5-7-24(8-6-23)19(20(29)30)15-10-25(12-18(27)28)16-4-3-13(21)9-14(15)16/h3-4,9-10,19H,5-8,11-12H2,1-2H3,(H,27,28)(H,29,30). The molecule has 0 bridgehead atoms. The van der Waals surface area contributed by atoms with Gasteiger partial charge in [-0.05, 0) is 18.2 Å². The van der Waals surface area contributed by atoms with E-state index in [1.807, 2.05) is 15.9 Å². The number of aromatic nitrogens is 1. The van der Waals surface area contributed by atoms with Crippen molar-refractivity contribution in [2.24, 2.45) is 0 Å². The van der Waals surface area contributed by atoms with Crippen LogP contribution >= 0.6 is 15.9 Å². The molecule has 162 valence electrons. The molecule has 2 N–H and O–H groups in total. The molecule has 30 heavy (non-hydrogen) atoms. The quantitative estimate of drug-likeness (QED) is 0.615. The minimum atomic E-state index is -0.993. The minimum absolute atomic E-state index is 0.0137. The Balaban J connectivity index is 1.88. The largest absolute Gasteiger partial charge is 0.480 e. The van der Waals surface area contributed by atoms with Gasteiger partial charge >= 0.3 is 11.9 Å². The maximum atomic E-state index is 12.3. The number of halogens is 1. The lowest BCUT2D eigenvalue weighted by Gasteiger charge is -2.37. The van der Waals surface area contributed by atoms with Gasteiger partial charge in [0.2, 0.25) is 5.91 Å². The molecule has 1 amide bonds. The molecule has 2 aromatic rings. The van der Waals surface area contributed by atoms with Gasteiger partial charge in [-0.3, -0.25) is 24.2 Å². The average Bonchev–Trinajstić information content (AvgIpc) is 2.99. The first-order valence-corrected chi connectivity index (χ1v) is 10.4. The van der Waals surface area contributed by atoms with E-state index in [4.69, 9.17) is 0 Å². The fraction of sp³-hybridized carbons (Fsp3) is 0.450. The molecule has 1 unspecified atom stereocenters. The van der Waals surface area contributed by atoms with Crippen LogP contribution in [0.3, 0.4) is 0 Å². The summed E-state index contributed by atoms with van der Waals surface area (Å²) in [7, 11) is 3.42. The number of nitrogens with zero attached hydrogens (tertiary/aromatic N) is 4. The van der Waals surface area contributed by atoms with Gasteiger partial charge in [-0.15, -0.1) is 0 Å². The highest BCUT2D eigenvalue weighted by Crippen LogP contribution is 2.33. The van der Waals surface area contributed by atoms with Crippen LogP contribution in [0.2, 0.25) is 0 Å². The van der Waals surface area contributed by atoms with Crippen molar-refractivity contribution in [3.63, 3.8) is 0 Å². The van der Waals surface area contributed by atoms with Crippen molar-refractivity contribution in [2.45, 2.75) is 12.6 Å². The van der Waals surface area contributed by atoms with Crippen LogP contribution < -0.4 is 0 Å². The zero-order chi connectivity index (χ0) is 22.0. The maximum Gasteiger partial charge on any atom is 0.325 e. The number of fused-ring (bicyclic) bond motifs is 1. The number of hydrogen-bond acceptors (Lipinski definition) is 5. The second kappa shape index (κ2) is 9.15. The molecule has 0 radical (unpaired) electrons. The first-order valence-electron chi connectivity index (χ1n) is 9.57. The molecule has 3 rings (SSSR count). The van der Waals surface area contributed by atoms with Crippen molar-refractivity contribution in [1.29, 1.82) is 0 Å². The Morgan fingerprint density at radius 2 is 1.77 bits per heavy atom. The SMILES string of the molecule is CN(C)C(=O)CN1CCN(C(C(=O)O)c2cn(CC(=O)O)c3ccc(Br)cc23)CC1. The normalized spacial score (nSPS) is 16.5. The second-order valence-corrected chi connectivity index (χ2v) is 8.52. The number of piperazine rings is 1. The lowest BCUT2D eigenvalue weighted by Crippen LogP contribution is -2.51. The Labute approximate surface area is 182 Å². The van der Waals surface area contributed by atoms with Gasteiger partial charge in [-0.2, -0.15) is 0 Å². The van der Waals surface area contributed by atoms with Crippen LogP contribution in [0.5, 0.6) is 0 Å². The van der Waals surface area contributed by atoms with E-state index >= 15 is 0 Å². The predicted octanol–water partition coefficient (Wildman–Crippen LogP) is 1.32. The van der Waals surface area contributed by atoms with Gasteiger partial charge in [0.25, 0.3) is 0 Å². The molecule has 0 spiro atoms. The Bertz CT molecular complexity index is 966. The Morgan fingerprint density at radius 1 is 1.10 bits per heavy atom. The molecule has 1 aromatic heterocycles. The van der Waals surface area contributed by atoms with Crippen molar-refractivity contribution in [3.05, 3.63) is 34.4 Å². The number of carboxylic acids is 2. The van der Waals surface area contributed by atoms with E-state index in [2.05, 4.69) is 15.9 Å². The Kier molecular flexibility index (Phi) is 6.79. The van der Waals surface area contributed by atoms with Gasteiger partial charge in [0.1, 0.15) is 12.6 Å². The number of carbonyl (C=O) groups is 3. The second-order valence-electron chi connectivity index (χ2n) is 7.61. The van der Waals surface area contributed by atoms with E-state index < -0.39 is 18.0 Å². The van der Waals surface area contributed by atoms with Crippen molar-refractivity contribution >= 4 is 44.7 Å². The summed E-state index contributed by atoms with van der Waals surface area (Å²) in [6.07, 6.45) is 1.63. The van der Waals surface area contributed by atoms with E-state index in [1.54, 1.807) is 41.9 Å². The molecule has 1 aliphatic rings. The lowest BCUT2D eigenvalue weighted by atomic mass is 10.0. The summed E-state index contributed by atoms with van der Waals surface area (Å²) in [6.45, 7) is 2.23. The van der Waals surface area contributed by atoms with Crippen LogP contribution in [-0.2, 0) is 20.9 Å². The van der Waals surface area contributed by atoms with Crippen LogP contribution in [-0.4, -0.2) is 94.1 Å². The first-order chi connectivity index (χ1) is 14.2. The number of benzene rings is 1. The minimum Gasteiger partial charge on any atom is -0.480 e. The van der Waals surface area contributed by atoms with Crippen LogP contribution in [0, 0.1) is 0 Å². The van der Waals surface area contributed by atoms with Crippen LogP contribution in [0.1, 0.15) is 11.6 Å². The molecule has 9 nitrogen and oxygen atoms in total. The number of carbonyl (C=O) groups excluding carboxylic acids is 1. The lowest BCUT2D eigenvalue weighted by molar-refractivity contribution is -0.145. The van der Waals surface area contributed by atoms with Crippen molar-refractivity contribution in [1.82, 2.24) is 19.3 Å². The molecule has 0 saturated carbocycles. The summed E-state index contributed by atoms with van der Waals surface area (Å²) in [5.41, 5.74) is 1.25. The van der Waals surface area contributed by atoms with E-state index in [1.165, 1.54) is 0 Å². The first kappa shape index (κ1) is 22.3. The zero-order valence-corrected chi connectivity index (χ0v) is 18.5. The number of rotatable bonds is 7. The molecule has 10 heteroatoms. The smallest absolute Gasteiger partial charge is 0.325 e. The summed E-state index contributed by atoms with van der Waals surface area (Å²) in [6, 6.07) is 4.52. The van der Waals surface area contributed by atoms with Crippen LogP contribution in [0.25, 0.3) is 10.9 Å². The number of aliphatic carboxylic acids is 2. The van der Waals surface area contributed by atoms with Gasteiger partial charge in [-0.25, -0.2) is 0 Å². The monoisotopic (exact) mass is 480 g/mol. The third kappa shape index (κ3) is 4.82.